The second kappa shape index (κ2) is 17.6. The Labute approximate surface area is 246 Å². The first kappa shape index (κ1) is 35.0. The van der Waals surface area contributed by atoms with Crippen LogP contribution in [-0.4, -0.2) is 81.9 Å². The van der Waals surface area contributed by atoms with Gasteiger partial charge >= 0.3 is 11.9 Å². The van der Waals surface area contributed by atoms with Crippen LogP contribution in [0.25, 0.3) is 0 Å². The van der Waals surface area contributed by atoms with Gasteiger partial charge in [0.05, 0.1) is 12.2 Å². The molecule has 0 aliphatic heterocycles. The van der Waals surface area contributed by atoms with E-state index in [1.165, 1.54) is 32.9 Å². The van der Waals surface area contributed by atoms with E-state index in [1.807, 2.05) is 0 Å². The van der Waals surface area contributed by atoms with E-state index in [0.29, 0.717) is 29.1 Å². The first-order valence-corrected chi connectivity index (χ1v) is 14.6. The van der Waals surface area contributed by atoms with E-state index in [0.717, 1.165) is 0 Å². The molecule has 0 aliphatic rings. The first-order valence-electron chi connectivity index (χ1n) is 12.0. The zero-order valence-electron chi connectivity index (χ0n) is 22.7. The molecule has 0 heterocycles. The van der Waals surface area contributed by atoms with Crippen LogP contribution in [0.4, 0.5) is 0 Å². The van der Waals surface area contributed by atoms with Crippen LogP contribution in [-0.2, 0) is 33.5 Å². The molecule has 0 bridgehead atoms. The van der Waals surface area contributed by atoms with Gasteiger partial charge in [0.25, 0.3) is 0 Å². The quantitative estimate of drug-likeness (QED) is 0.134. The maximum atomic E-state index is 13.1. The average molecular weight is 616 g/mol. The summed E-state index contributed by atoms with van der Waals surface area (Å²) in [7, 11) is 0. The van der Waals surface area contributed by atoms with Crippen molar-refractivity contribution in [1.82, 2.24) is 16.0 Å². The summed E-state index contributed by atoms with van der Waals surface area (Å²) < 4.78 is 10.3. The summed E-state index contributed by atoms with van der Waals surface area (Å²) in [4.78, 5) is 85.2. The molecule has 0 fully saturated rings. The number of hydrogen-bond donors (Lipinski definition) is 4. The molecule has 12 nitrogen and oxygen atoms in total. The van der Waals surface area contributed by atoms with E-state index in [1.54, 1.807) is 19.9 Å². The minimum absolute atomic E-state index is 0.0284. The molecule has 0 saturated heterocycles. The number of nitrogens with one attached hydrogen (secondary N) is 3. The van der Waals surface area contributed by atoms with E-state index >= 15 is 0 Å². The van der Waals surface area contributed by atoms with Gasteiger partial charge < -0.3 is 25.4 Å². The van der Waals surface area contributed by atoms with Crippen LogP contribution in [0.2, 0.25) is 0 Å². The monoisotopic (exact) mass is 615 g/mol. The number of carbonyl (C=O) groups is 7. The van der Waals surface area contributed by atoms with Gasteiger partial charge in [-0.2, -0.15) is 12.6 Å². The highest BCUT2D eigenvalue weighted by atomic mass is 32.2. The van der Waals surface area contributed by atoms with E-state index in [2.05, 4.69) is 28.6 Å². The molecule has 1 aromatic rings. The van der Waals surface area contributed by atoms with Crippen LogP contribution >= 0.6 is 36.2 Å². The van der Waals surface area contributed by atoms with Crippen molar-refractivity contribution in [2.75, 3.05) is 23.9 Å². The Kier molecular flexibility index (Phi) is 15.4. The zero-order valence-corrected chi connectivity index (χ0v) is 25.3. The number of aryl methyl sites for hydroxylation is 1. The molecule has 1 aromatic carbocycles. The third-order valence-electron chi connectivity index (χ3n) is 4.80. The lowest BCUT2D eigenvalue weighted by molar-refractivity contribution is -0.146. The highest BCUT2D eigenvalue weighted by Gasteiger charge is 2.28. The number of thiol groups is 1. The molecule has 0 aliphatic carbocycles. The molecule has 0 radical (unpaired) electrons. The lowest BCUT2D eigenvalue weighted by atomic mass is 10.1. The van der Waals surface area contributed by atoms with Crippen molar-refractivity contribution in [3.05, 3.63) is 29.3 Å². The summed E-state index contributed by atoms with van der Waals surface area (Å²) in [6.07, 6.45) is 0. The summed E-state index contributed by atoms with van der Waals surface area (Å²) in [6, 6.07) is 1.36. The number of ether oxygens (including phenoxy) is 2. The summed E-state index contributed by atoms with van der Waals surface area (Å²) in [6.45, 7) is 7.08. The predicted octanol–water partition coefficient (Wildman–Crippen LogP) is 1.04. The summed E-state index contributed by atoms with van der Waals surface area (Å²) >= 11 is 5.46. The number of benzene rings is 1. The van der Waals surface area contributed by atoms with Crippen LogP contribution < -0.4 is 20.7 Å². The van der Waals surface area contributed by atoms with Crippen molar-refractivity contribution in [3.63, 3.8) is 0 Å². The summed E-state index contributed by atoms with van der Waals surface area (Å²) in [5.74, 6) is -3.36. The molecule has 3 atom stereocenters. The molecule has 40 heavy (non-hydrogen) atoms. The van der Waals surface area contributed by atoms with E-state index in [9.17, 15) is 33.6 Å². The van der Waals surface area contributed by atoms with Gasteiger partial charge in [-0.15, -0.1) is 0 Å². The third kappa shape index (κ3) is 12.4. The van der Waals surface area contributed by atoms with Crippen molar-refractivity contribution < 1.29 is 43.0 Å². The van der Waals surface area contributed by atoms with Gasteiger partial charge in [0.1, 0.15) is 23.9 Å². The molecular formula is C25H33N3O9S3. The maximum Gasteiger partial charge on any atom is 0.334 e. The molecule has 3 amide bonds. The van der Waals surface area contributed by atoms with Crippen LogP contribution in [0, 0.1) is 6.92 Å². The van der Waals surface area contributed by atoms with Gasteiger partial charge in [-0.3, -0.25) is 24.0 Å². The van der Waals surface area contributed by atoms with Crippen LogP contribution in [0.3, 0.4) is 0 Å². The minimum Gasteiger partial charge on any atom is -0.464 e. The number of amides is 3. The number of thioether (sulfide) groups is 2. The molecule has 220 valence electrons. The van der Waals surface area contributed by atoms with Gasteiger partial charge in [-0.05, 0) is 31.5 Å². The third-order valence-corrected chi connectivity index (χ3v) is 7.21. The highest BCUT2D eigenvalue weighted by Crippen LogP contribution is 2.26. The zero-order chi connectivity index (χ0) is 30.4. The number of hydrogen-bond acceptors (Lipinski definition) is 12. The van der Waals surface area contributed by atoms with Crippen LogP contribution in [0.1, 0.15) is 43.6 Å². The number of carbonyl (C=O) groups excluding carboxylic acids is 7. The molecule has 1 rings (SSSR count). The highest BCUT2D eigenvalue weighted by molar-refractivity contribution is 8.15. The Hall–Kier alpha value is -3.04. The van der Waals surface area contributed by atoms with Gasteiger partial charge in [0.15, 0.2) is 0 Å². The largest absolute Gasteiger partial charge is 0.464 e. The molecule has 0 spiro atoms. The lowest BCUT2D eigenvalue weighted by Crippen LogP contribution is -2.44. The molecule has 3 unspecified atom stereocenters. The normalized spacial score (nSPS) is 12.8. The Bertz CT molecular complexity index is 1130. The van der Waals surface area contributed by atoms with Crippen molar-refractivity contribution in [2.24, 2.45) is 0 Å². The molecule has 15 heteroatoms. The van der Waals surface area contributed by atoms with Gasteiger partial charge in [-0.25, -0.2) is 9.59 Å². The average Bonchev–Trinajstić information content (AvgIpc) is 2.86. The van der Waals surface area contributed by atoms with Crippen molar-refractivity contribution in [1.29, 1.82) is 0 Å². The second-order valence-electron chi connectivity index (χ2n) is 8.34. The first-order chi connectivity index (χ1) is 18.8. The van der Waals surface area contributed by atoms with E-state index in [-0.39, 0.29) is 35.2 Å². The van der Waals surface area contributed by atoms with E-state index < -0.39 is 58.0 Å². The smallest absolute Gasteiger partial charge is 0.334 e. The predicted molar refractivity (Wildman–Crippen MR) is 154 cm³/mol. The van der Waals surface area contributed by atoms with Crippen molar-refractivity contribution in [3.8, 4) is 5.75 Å². The maximum absolute atomic E-state index is 13.1. The molecule has 0 saturated carbocycles. The number of esters is 2. The molecule has 3 N–H and O–H groups in total. The van der Waals surface area contributed by atoms with Crippen LogP contribution in [0.5, 0.6) is 5.75 Å². The second-order valence-corrected chi connectivity index (χ2v) is 10.7. The topological polar surface area (TPSA) is 174 Å². The molecular weight excluding hydrogens is 582 g/mol. The Morgan fingerprint density at radius 3 is 1.93 bits per heavy atom. The summed E-state index contributed by atoms with van der Waals surface area (Å²) in [5.41, 5.74) is 0.740. The van der Waals surface area contributed by atoms with Crippen LogP contribution in [0.15, 0.2) is 18.2 Å². The fourth-order valence-corrected chi connectivity index (χ4v) is 5.18. The Morgan fingerprint density at radius 1 is 0.825 bits per heavy atom. The van der Waals surface area contributed by atoms with Crippen molar-refractivity contribution >= 4 is 76.0 Å². The number of rotatable bonds is 14. The Morgan fingerprint density at radius 2 is 1.38 bits per heavy atom. The van der Waals surface area contributed by atoms with Crippen molar-refractivity contribution in [2.45, 2.75) is 52.7 Å². The Balaban J connectivity index is 3.01. The standard InChI is InChI=1S/C25H33N3O9S3/c1-6-36-22(32)19(27-15(4)30)11-40-25(35)20(28-16(5)31)12-39-24(34)17-8-7-13(2)9-21(17)37-23(33)18(10-38)26-14(3)29/h7-9,18-20,38H,6,10-12H2,1-5H3,(H,26,29)(H,27,30)(H,28,31). The fraction of sp³-hybridized carbons (Fsp3) is 0.480. The fourth-order valence-electron chi connectivity index (χ4n) is 3.06. The SMILES string of the molecule is CCOC(=O)C(CSC(=O)C(CSC(=O)c1ccc(C)cc1OC(=O)C(CS)NC(C)=O)NC(C)=O)NC(C)=O. The van der Waals surface area contributed by atoms with Gasteiger partial charge in [0.2, 0.25) is 28.0 Å². The lowest BCUT2D eigenvalue weighted by Gasteiger charge is -2.19. The summed E-state index contributed by atoms with van der Waals surface area (Å²) in [5, 5.41) is 6.23. The van der Waals surface area contributed by atoms with Gasteiger partial charge in [0, 0.05) is 38.0 Å². The molecule has 0 aromatic heterocycles. The van der Waals surface area contributed by atoms with Gasteiger partial charge in [-0.1, -0.05) is 29.6 Å². The van der Waals surface area contributed by atoms with E-state index in [4.69, 9.17) is 9.47 Å². The minimum atomic E-state index is -1.11.